The minimum Gasteiger partial charge on any atom is -0.477 e. The van der Waals surface area contributed by atoms with Crippen LogP contribution in [0.3, 0.4) is 0 Å². The molecule has 0 spiro atoms. The van der Waals surface area contributed by atoms with Crippen molar-refractivity contribution in [1.82, 2.24) is 0 Å². The van der Waals surface area contributed by atoms with Gasteiger partial charge in [0.25, 0.3) is 0 Å². The topological polar surface area (TPSA) is 76.2 Å². The van der Waals surface area contributed by atoms with Crippen molar-refractivity contribution in [2.24, 2.45) is 5.73 Å². The highest BCUT2D eigenvalue weighted by molar-refractivity contribution is 7.20. The van der Waals surface area contributed by atoms with Gasteiger partial charge < -0.3 is 10.5 Å². The van der Waals surface area contributed by atoms with Crippen molar-refractivity contribution < 1.29 is 9.53 Å². The molecule has 1 aromatic heterocycles. The predicted molar refractivity (Wildman–Crippen MR) is 93.3 cm³/mol. The quantitative estimate of drug-likeness (QED) is 0.552. The summed E-state index contributed by atoms with van der Waals surface area (Å²) in [6, 6.07) is 16.9. The number of nitrogen functional groups attached to an aromatic ring is 1. The predicted octanol–water partition coefficient (Wildman–Crippen LogP) is 3.89. The molecule has 4 nitrogen and oxygen atoms in total. The number of amidine groups is 1. The molecule has 0 bridgehead atoms. The first-order valence-corrected chi connectivity index (χ1v) is 7.97. The normalized spacial score (nSPS) is 12.0. The third-order valence-electron chi connectivity index (χ3n) is 3.50. The van der Waals surface area contributed by atoms with Crippen molar-refractivity contribution in [2.75, 3.05) is 0 Å². The Hall–Kier alpha value is -2.66. The molecule has 0 fully saturated rings. The van der Waals surface area contributed by atoms with Gasteiger partial charge in [-0.1, -0.05) is 36.4 Å². The van der Waals surface area contributed by atoms with Crippen LogP contribution in [0, 0.1) is 5.41 Å². The Kier molecular flexibility index (Phi) is 4.12. The zero-order valence-electron chi connectivity index (χ0n) is 12.6. The fourth-order valence-electron chi connectivity index (χ4n) is 2.41. The summed E-state index contributed by atoms with van der Waals surface area (Å²) in [4.78, 5) is 12.7. The van der Waals surface area contributed by atoms with Crippen molar-refractivity contribution in [3.8, 4) is 5.75 Å². The number of ether oxygens (including phenoxy) is 1. The number of thiophene rings is 1. The largest absolute Gasteiger partial charge is 0.477 e. The summed E-state index contributed by atoms with van der Waals surface area (Å²) >= 11 is 1.44. The van der Waals surface area contributed by atoms with Gasteiger partial charge >= 0.3 is 0 Å². The molecular formula is C18H16N2O2S. The number of carbonyl (C=O) groups is 1. The fourth-order valence-corrected chi connectivity index (χ4v) is 3.35. The van der Waals surface area contributed by atoms with Gasteiger partial charge in [0, 0.05) is 10.1 Å². The highest BCUT2D eigenvalue weighted by atomic mass is 32.1. The van der Waals surface area contributed by atoms with Gasteiger partial charge in [-0.25, -0.2) is 0 Å². The van der Waals surface area contributed by atoms with Gasteiger partial charge in [-0.2, -0.15) is 0 Å². The number of ketones is 1. The number of carbonyl (C=O) groups excluding carboxylic acids is 1. The van der Waals surface area contributed by atoms with Crippen molar-refractivity contribution in [3.05, 3.63) is 65.0 Å². The highest BCUT2D eigenvalue weighted by Crippen LogP contribution is 2.35. The minimum absolute atomic E-state index is 0.0309. The molecule has 0 aliphatic heterocycles. The molecule has 3 rings (SSSR count). The molecule has 0 radical (unpaired) electrons. The Morgan fingerprint density at radius 2 is 1.91 bits per heavy atom. The van der Waals surface area contributed by atoms with Crippen molar-refractivity contribution in [1.29, 1.82) is 5.41 Å². The van der Waals surface area contributed by atoms with E-state index in [-0.39, 0.29) is 11.6 Å². The van der Waals surface area contributed by atoms with E-state index in [0.29, 0.717) is 10.6 Å². The molecule has 23 heavy (non-hydrogen) atoms. The molecule has 1 unspecified atom stereocenters. The average Bonchev–Trinajstić information content (AvgIpc) is 2.98. The second kappa shape index (κ2) is 6.22. The van der Waals surface area contributed by atoms with Gasteiger partial charge in [-0.15, -0.1) is 11.3 Å². The van der Waals surface area contributed by atoms with Gasteiger partial charge in [-0.05, 0) is 30.7 Å². The second-order valence-corrected chi connectivity index (χ2v) is 6.30. The molecule has 0 aliphatic rings. The van der Waals surface area contributed by atoms with E-state index in [1.807, 2.05) is 54.6 Å². The van der Waals surface area contributed by atoms with E-state index >= 15 is 0 Å². The first-order chi connectivity index (χ1) is 11.1. The minimum atomic E-state index is -0.650. The SMILES string of the molecule is CC(=O)C(Oc1cccc2sc(C(=N)N)cc12)c1ccccc1. The number of benzene rings is 2. The number of hydrogen-bond donors (Lipinski definition) is 2. The van der Waals surface area contributed by atoms with Gasteiger partial charge in [0.15, 0.2) is 11.9 Å². The van der Waals surface area contributed by atoms with Crippen molar-refractivity contribution >= 4 is 33.0 Å². The Balaban J connectivity index is 2.02. The lowest BCUT2D eigenvalue weighted by molar-refractivity contribution is -0.123. The van der Waals surface area contributed by atoms with Gasteiger partial charge in [-0.3, -0.25) is 10.2 Å². The molecule has 116 valence electrons. The number of nitrogens with two attached hydrogens (primary N) is 1. The molecule has 0 saturated carbocycles. The summed E-state index contributed by atoms with van der Waals surface area (Å²) in [7, 11) is 0. The van der Waals surface area contributed by atoms with Gasteiger partial charge in [0.05, 0.1) is 4.88 Å². The van der Waals surface area contributed by atoms with Gasteiger partial charge in [0.1, 0.15) is 11.6 Å². The van der Waals surface area contributed by atoms with Crippen molar-refractivity contribution in [3.63, 3.8) is 0 Å². The van der Waals surface area contributed by atoms with E-state index in [1.54, 1.807) is 0 Å². The molecule has 0 amide bonds. The fraction of sp³-hybridized carbons (Fsp3) is 0.111. The number of rotatable bonds is 5. The summed E-state index contributed by atoms with van der Waals surface area (Å²) in [6.07, 6.45) is -0.650. The van der Waals surface area contributed by atoms with Crippen LogP contribution in [0.15, 0.2) is 54.6 Å². The molecule has 2 aromatic carbocycles. The summed E-state index contributed by atoms with van der Waals surface area (Å²) in [5, 5.41) is 8.44. The molecule has 3 aromatic rings. The van der Waals surface area contributed by atoms with Gasteiger partial charge in [0.2, 0.25) is 0 Å². The van der Waals surface area contributed by atoms with Crippen LogP contribution in [0.4, 0.5) is 0 Å². The molecule has 3 N–H and O–H groups in total. The Labute approximate surface area is 138 Å². The summed E-state index contributed by atoms with van der Waals surface area (Å²) in [5.74, 6) is 0.592. The third-order valence-corrected chi connectivity index (χ3v) is 4.64. The third kappa shape index (κ3) is 3.10. The lowest BCUT2D eigenvalue weighted by Crippen LogP contribution is -2.16. The molecule has 0 aliphatic carbocycles. The van der Waals surface area contributed by atoms with Crippen LogP contribution in [-0.2, 0) is 4.79 Å². The van der Waals surface area contributed by atoms with E-state index in [2.05, 4.69) is 0 Å². The highest BCUT2D eigenvalue weighted by Gasteiger charge is 2.20. The molecular weight excluding hydrogens is 308 g/mol. The Morgan fingerprint density at radius 3 is 2.57 bits per heavy atom. The number of Topliss-reactive ketones (excluding diaryl/α,β-unsaturated/α-hetero) is 1. The standard InChI is InChI=1S/C18H16N2O2S/c1-11(21)17(12-6-3-2-4-7-12)22-14-8-5-9-15-13(14)10-16(23-15)18(19)20/h2-10,17H,1H3,(H3,19,20). The first kappa shape index (κ1) is 15.2. The molecule has 1 atom stereocenters. The lowest BCUT2D eigenvalue weighted by Gasteiger charge is -2.17. The van der Waals surface area contributed by atoms with E-state index < -0.39 is 6.10 Å². The van der Waals surface area contributed by atoms with E-state index in [9.17, 15) is 4.79 Å². The maximum atomic E-state index is 12.0. The Morgan fingerprint density at radius 1 is 1.17 bits per heavy atom. The monoisotopic (exact) mass is 324 g/mol. The van der Waals surface area contributed by atoms with E-state index in [0.717, 1.165) is 15.6 Å². The average molecular weight is 324 g/mol. The second-order valence-electron chi connectivity index (χ2n) is 5.21. The smallest absolute Gasteiger partial charge is 0.181 e. The summed E-state index contributed by atoms with van der Waals surface area (Å²) in [6.45, 7) is 1.52. The zero-order valence-corrected chi connectivity index (χ0v) is 13.4. The molecule has 5 heteroatoms. The zero-order chi connectivity index (χ0) is 16.4. The molecule has 0 saturated heterocycles. The number of fused-ring (bicyclic) bond motifs is 1. The van der Waals surface area contributed by atoms with Crippen LogP contribution in [0.2, 0.25) is 0 Å². The van der Waals surface area contributed by atoms with Crippen LogP contribution in [0.1, 0.15) is 23.5 Å². The number of hydrogen-bond acceptors (Lipinski definition) is 4. The van der Waals surface area contributed by atoms with Crippen LogP contribution < -0.4 is 10.5 Å². The summed E-state index contributed by atoms with van der Waals surface area (Å²) < 4.78 is 6.99. The van der Waals surface area contributed by atoms with E-state index in [4.69, 9.17) is 15.9 Å². The number of nitrogens with one attached hydrogen (secondary N) is 1. The van der Waals surface area contributed by atoms with E-state index in [1.165, 1.54) is 18.3 Å². The maximum absolute atomic E-state index is 12.0. The first-order valence-electron chi connectivity index (χ1n) is 7.15. The van der Waals surface area contributed by atoms with Crippen LogP contribution in [0.25, 0.3) is 10.1 Å². The van der Waals surface area contributed by atoms with Crippen molar-refractivity contribution in [2.45, 2.75) is 13.0 Å². The Bertz CT molecular complexity index is 871. The van der Waals surface area contributed by atoms with Crippen LogP contribution in [-0.4, -0.2) is 11.6 Å². The summed E-state index contributed by atoms with van der Waals surface area (Å²) in [5.41, 5.74) is 6.39. The van der Waals surface area contributed by atoms with Crippen LogP contribution in [0.5, 0.6) is 5.75 Å². The maximum Gasteiger partial charge on any atom is 0.181 e. The van der Waals surface area contributed by atoms with Crippen LogP contribution >= 0.6 is 11.3 Å². The molecule has 1 heterocycles. The lowest BCUT2D eigenvalue weighted by atomic mass is 10.1.